The molecule has 0 radical (unpaired) electrons. The Kier molecular flexibility index (Phi) is 8.94. The Morgan fingerprint density at radius 1 is 1.21 bits per heavy atom. The number of H-pyrrole nitrogens is 1. The highest BCUT2D eigenvalue weighted by Gasteiger charge is 2.25. The standard InChI is InChI=1S/C21H29N5O2.HI/c1-3-22-21(24-11-12-26-19(27)5-4-6-20(26)28)23-10-9-16-14-25-18-13-15(2)7-8-17(16)18;/h7-8,13-14,25H,3-6,9-12H2,1-2H3,(H2,22,23,24);1H. The van der Waals surface area contributed by atoms with Crippen molar-refractivity contribution in [1.82, 2.24) is 20.5 Å². The van der Waals surface area contributed by atoms with Crippen LogP contribution in [0.25, 0.3) is 10.9 Å². The number of aromatic amines is 1. The smallest absolute Gasteiger partial charge is 0.229 e. The van der Waals surface area contributed by atoms with Gasteiger partial charge in [0.1, 0.15) is 0 Å². The zero-order chi connectivity index (χ0) is 19.9. The monoisotopic (exact) mass is 511 g/mol. The number of hydrogen-bond acceptors (Lipinski definition) is 3. The van der Waals surface area contributed by atoms with Crippen molar-refractivity contribution in [2.75, 3.05) is 26.2 Å². The van der Waals surface area contributed by atoms with Gasteiger partial charge in [0.15, 0.2) is 5.96 Å². The number of imide groups is 1. The Morgan fingerprint density at radius 2 is 1.97 bits per heavy atom. The number of nitrogens with one attached hydrogen (secondary N) is 3. The lowest BCUT2D eigenvalue weighted by atomic mass is 10.1. The number of carbonyl (C=O) groups excluding carboxylic acids is 2. The molecule has 2 heterocycles. The van der Waals surface area contributed by atoms with E-state index in [1.54, 1.807) is 0 Å². The molecule has 0 aliphatic carbocycles. The molecule has 0 atom stereocenters. The van der Waals surface area contributed by atoms with E-state index >= 15 is 0 Å². The van der Waals surface area contributed by atoms with Crippen molar-refractivity contribution in [3.63, 3.8) is 0 Å². The van der Waals surface area contributed by atoms with Gasteiger partial charge in [0.2, 0.25) is 11.8 Å². The maximum Gasteiger partial charge on any atom is 0.229 e. The Hall–Kier alpha value is -2.10. The SMILES string of the molecule is CCNC(=NCCc1c[nH]c2cc(C)ccc12)NCCN1C(=O)CCCC1=O.I. The number of carbonyl (C=O) groups is 2. The Labute approximate surface area is 188 Å². The number of benzene rings is 1. The zero-order valence-electron chi connectivity index (χ0n) is 17.1. The molecule has 158 valence electrons. The predicted octanol–water partition coefficient (Wildman–Crippen LogP) is 2.73. The van der Waals surface area contributed by atoms with Gasteiger partial charge in [-0.15, -0.1) is 24.0 Å². The van der Waals surface area contributed by atoms with E-state index < -0.39 is 0 Å². The molecule has 0 bridgehead atoms. The van der Waals surface area contributed by atoms with Crippen molar-refractivity contribution in [3.8, 4) is 0 Å². The van der Waals surface area contributed by atoms with Crippen LogP contribution in [0, 0.1) is 6.92 Å². The molecule has 3 rings (SSSR count). The molecule has 0 unspecified atom stereocenters. The molecule has 8 heteroatoms. The van der Waals surface area contributed by atoms with Gasteiger partial charge in [-0.2, -0.15) is 0 Å². The third kappa shape index (κ3) is 6.19. The summed E-state index contributed by atoms with van der Waals surface area (Å²) in [5.41, 5.74) is 3.64. The first kappa shape index (κ1) is 23.2. The van der Waals surface area contributed by atoms with Crippen LogP contribution >= 0.6 is 24.0 Å². The first-order valence-electron chi connectivity index (χ1n) is 10.0. The Bertz CT molecular complexity index is 861. The van der Waals surface area contributed by atoms with E-state index in [0.717, 1.165) is 18.5 Å². The molecule has 3 N–H and O–H groups in total. The average molecular weight is 511 g/mol. The summed E-state index contributed by atoms with van der Waals surface area (Å²) >= 11 is 0. The van der Waals surface area contributed by atoms with Gasteiger partial charge in [-0.05, 0) is 43.9 Å². The highest BCUT2D eigenvalue weighted by molar-refractivity contribution is 14.0. The fourth-order valence-corrected chi connectivity index (χ4v) is 3.47. The number of aliphatic imine (C=N–C) groups is 1. The second-order valence-corrected chi connectivity index (χ2v) is 7.09. The summed E-state index contributed by atoms with van der Waals surface area (Å²) in [7, 11) is 0. The van der Waals surface area contributed by atoms with Crippen LogP contribution in [0.5, 0.6) is 0 Å². The van der Waals surface area contributed by atoms with Crippen molar-refractivity contribution in [1.29, 1.82) is 0 Å². The summed E-state index contributed by atoms with van der Waals surface area (Å²) < 4.78 is 0. The van der Waals surface area contributed by atoms with Gasteiger partial charge in [0.05, 0.1) is 0 Å². The fraction of sp³-hybridized carbons (Fsp3) is 0.476. The highest BCUT2D eigenvalue weighted by Crippen LogP contribution is 2.19. The molecule has 1 aromatic heterocycles. The highest BCUT2D eigenvalue weighted by atomic mass is 127. The lowest BCUT2D eigenvalue weighted by molar-refractivity contribution is -0.147. The molecular weight excluding hydrogens is 481 g/mol. The number of likely N-dealkylation sites (tertiary alicyclic amines) is 1. The Morgan fingerprint density at radius 3 is 2.69 bits per heavy atom. The molecule has 1 aromatic carbocycles. The number of fused-ring (bicyclic) bond motifs is 1. The van der Waals surface area contributed by atoms with E-state index in [2.05, 4.69) is 45.7 Å². The number of rotatable bonds is 7. The van der Waals surface area contributed by atoms with Crippen molar-refractivity contribution in [3.05, 3.63) is 35.5 Å². The van der Waals surface area contributed by atoms with Crippen LogP contribution in [-0.4, -0.2) is 53.8 Å². The predicted molar refractivity (Wildman–Crippen MR) is 127 cm³/mol. The molecule has 7 nitrogen and oxygen atoms in total. The van der Waals surface area contributed by atoms with E-state index in [1.807, 2.05) is 13.1 Å². The van der Waals surface area contributed by atoms with Crippen LogP contribution in [0.2, 0.25) is 0 Å². The third-order valence-electron chi connectivity index (χ3n) is 4.93. The molecule has 1 saturated heterocycles. The molecule has 1 fully saturated rings. The summed E-state index contributed by atoms with van der Waals surface area (Å²) in [6.45, 7) is 6.37. The van der Waals surface area contributed by atoms with Crippen LogP contribution in [0.1, 0.15) is 37.3 Å². The van der Waals surface area contributed by atoms with Gasteiger partial charge in [-0.3, -0.25) is 19.5 Å². The number of amides is 2. The van der Waals surface area contributed by atoms with Crippen LogP contribution in [0.3, 0.4) is 0 Å². The summed E-state index contributed by atoms with van der Waals surface area (Å²) in [4.78, 5) is 33.0. The molecule has 0 saturated carbocycles. The summed E-state index contributed by atoms with van der Waals surface area (Å²) in [5.74, 6) is 0.555. The first-order chi connectivity index (χ1) is 13.6. The second-order valence-electron chi connectivity index (χ2n) is 7.09. The van der Waals surface area contributed by atoms with E-state index in [0.29, 0.717) is 44.9 Å². The minimum atomic E-state index is -0.0745. The molecular formula is C21H30IN5O2. The number of piperidine rings is 1. The molecule has 29 heavy (non-hydrogen) atoms. The van der Waals surface area contributed by atoms with Gasteiger partial charge in [0, 0.05) is 56.1 Å². The zero-order valence-corrected chi connectivity index (χ0v) is 19.4. The van der Waals surface area contributed by atoms with Crippen LogP contribution in [0.15, 0.2) is 29.4 Å². The van der Waals surface area contributed by atoms with Gasteiger partial charge in [-0.25, -0.2) is 0 Å². The summed E-state index contributed by atoms with van der Waals surface area (Å²) in [5, 5.41) is 7.67. The van der Waals surface area contributed by atoms with Crippen molar-refractivity contribution < 1.29 is 9.59 Å². The lowest BCUT2D eigenvalue weighted by Gasteiger charge is -2.25. The third-order valence-corrected chi connectivity index (χ3v) is 4.93. The number of halogens is 1. The van der Waals surface area contributed by atoms with Crippen LogP contribution in [-0.2, 0) is 16.0 Å². The van der Waals surface area contributed by atoms with Crippen LogP contribution in [0.4, 0.5) is 0 Å². The van der Waals surface area contributed by atoms with Gasteiger partial charge >= 0.3 is 0 Å². The fourth-order valence-electron chi connectivity index (χ4n) is 3.47. The van der Waals surface area contributed by atoms with Crippen molar-refractivity contribution >= 4 is 52.7 Å². The van der Waals surface area contributed by atoms with Crippen molar-refractivity contribution in [2.24, 2.45) is 4.99 Å². The van der Waals surface area contributed by atoms with Crippen molar-refractivity contribution in [2.45, 2.75) is 39.5 Å². The normalized spacial score (nSPS) is 14.8. The largest absolute Gasteiger partial charge is 0.361 e. The average Bonchev–Trinajstić information content (AvgIpc) is 3.06. The lowest BCUT2D eigenvalue weighted by Crippen LogP contribution is -2.46. The Balaban J connectivity index is 0.00000300. The molecule has 1 aliphatic heterocycles. The molecule has 0 spiro atoms. The number of guanidine groups is 1. The number of aryl methyl sites for hydroxylation is 1. The maximum absolute atomic E-state index is 11.9. The van der Waals surface area contributed by atoms with E-state index in [1.165, 1.54) is 21.4 Å². The summed E-state index contributed by atoms with van der Waals surface area (Å²) in [6, 6.07) is 6.42. The topological polar surface area (TPSA) is 89.6 Å². The summed E-state index contributed by atoms with van der Waals surface area (Å²) in [6.07, 6.45) is 4.48. The maximum atomic E-state index is 11.9. The van der Waals surface area contributed by atoms with Gasteiger partial charge in [0.25, 0.3) is 0 Å². The van der Waals surface area contributed by atoms with E-state index in [9.17, 15) is 9.59 Å². The van der Waals surface area contributed by atoms with Gasteiger partial charge in [-0.1, -0.05) is 12.1 Å². The minimum Gasteiger partial charge on any atom is -0.361 e. The second kappa shape index (κ2) is 11.2. The van der Waals surface area contributed by atoms with Gasteiger partial charge < -0.3 is 15.6 Å². The number of nitrogens with zero attached hydrogens (tertiary/aromatic N) is 2. The molecule has 2 aromatic rings. The number of hydrogen-bond donors (Lipinski definition) is 3. The van der Waals surface area contributed by atoms with E-state index in [4.69, 9.17) is 0 Å². The molecule has 1 aliphatic rings. The minimum absolute atomic E-state index is 0. The number of aromatic nitrogens is 1. The first-order valence-corrected chi connectivity index (χ1v) is 10.0. The van der Waals surface area contributed by atoms with E-state index in [-0.39, 0.29) is 35.8 Å². The van der Waals surface area contributed by atoms with Crippen LogP contribution < -0.4 is 10.6 Å². The molecule has 2 amide bonds. The quantitative estimate of drug-likeness (QED) is 0.231.